The number of benzene rings is 2. The molecule has 0 aliphatic rings. The van der Waals surface area contributed by atoms with Crippen LogP contribution in [0.5, 0.6) is 0 Å². The van der Waals surface area contributed by atoms with Crippen LogP contribution >= 0.6 is 11.6 Å². The minimum Gasteiger partial charge on any atom is -0.423 e. The van der Waals surface area contributed by atoms with Crippen molar-refractivity contribution in [2.45, 2.75) is 26.3 Å². The first-order valence-corrected chi connectivity index (χ1v) is 8.41. The molecule has 2 aromatic carbocycles. The lowest BCUT2D eigenvalue weighted by atomic mass is 10.0. The Morgan fingerprint density at radius 1 is 1.17 bits per heavy atom. The van der Waals surface area contributed by atoms with Gasteiger partial charge in [0.05, 0.1) is 0 Å². The zero-order chi connectivity index (χ0) is 17.1. The monoisotopic (exact) mass is 341 g/mol. The lowest BCUT2D eigenvalue weighted by Crippen LogP contribution is -2.20. The van der Waals surface area contributed by atoms with Crippen LogP contribution in [0.1, 0.15) is 29.5 Å². The molecule has 124 valence electrons. The molecule has 0 fully saturated rings. The summed E-state index contributed by atoms with van der Waals surface area (Å²) < 4.78 is 5.29. The van der Waals surface area contributed by atoms with Crippen molar-refractivity contribution in [1.82, 2.24) is 5.32 Å². The number of hydrogen-bond donors (Lipinski definition) is 1. The Balaban J connectivity index is 1.78. The molecule has 0 bridgehead atoms. The third kappa shape index (κ3) is 3.69. The van der Waals surface area contributed by atoms with Gasteiger partial charge in [-0.3, -0.25) is 0 Å². The van der Waals surface area contributed by atoms with E-state index in [2.05, 4.69) is 24.4 Å². The van der Waals surface area contributed by atoms with E-state index < -0.39 is 0 Å². The first kappa shape index (κ1) is 16.7. The highest BCUT2D eigenvalue weighted by Gasteiger charge is 2.09. The van der Waals surface area contributed by atoms with Gasteiger partial charge in [0.15, 0.2) is 0 Å². The van der Waals surface area contributed by atoms with Gasteiger partial charge in [0.25, 0.3) is 0 Å². The molecule has 3 rings (SSSR count). The minimum atomic E-state index is -0.336. The average Bonchev–Trinajstić information content (AvgIpc) is 2.57. The van der Waals surface area contributed by atoms with E-state index in [1.54, 1.807) is 0 Å². The Bertz CT molecular complexity index is 903. The summed E-state index contributed by atoms with van der Waals surface area (Å²) in [4.78, 5) is 11.8. The predicted molar refractivity (Wildman–Crippen MR) is 98.8 cm³/mol. The van der Waals surface area contributed by atoms with Crippen LogP contribution in [0.2, 0.25) is 5.02 Å². The summed E-state index contributed by atoms with van der Waals surface area (Å²) in [5.41, 5.74) is 3.34. The quantitative estimate of drug-likeness (QED) is 0.687. The maximum absolute atomic E-state index is 11.8. The number of nitrogens with one attached hydrogen (secondary N) is 1. The maximum atomic E-state index is 11.8. The normalized spacial score (nSPS) is 12.5. The Morgan fingerprint density at radius 3 is 2.67 bits per heavy atom. The van der Waals surface area contributed by atoms with E-state index in [0.29, 0.717) is 23.1 Å². The van der Waals surface area contributed by atoms with Crippen LogP contribution in [0.4, 0.5) is 0 Å². The highest BCUT2D eigenvalue weighted by Crippen LogP contribution is 2.25. The molecule has 0 aliphatic heterocycles. The summed E-state index contributed by atoms with van der Waals surface area (Å²) in [6.07, 6.45) is 0. The van der Waals surface area contributed by atoms with Gasteiger partial charge in [-0.1, -0.05) is 48.9 Å². The second kappa shape index (κ2) is 7.20. The zero-order valence-electron chi connectivity index (χ0n) is 13.8. The summed E-state index contributed by atoms with van der Waals surface area (Å²) in [5, 5.41) is 4.99. The van der Waals surface area contributed by atoms with Crippen molar-refractivity contribution in [3.05, 3.63) is 80.7 Å². The van der Waals surface area contributed by atoms with E-state index in [9.17, 15) is 4.79 Å². The molecule has 4 heteroatoms. The van der Waals surface area contributed by atoms with E-state index >= 15 is 0 Å². The van der Waals surface area contributed by atoms with Gasteiger partial charge >= 0.3 is 5.63 Å². The number of halogens is 1. The molecule has 0 saturated heterocycles. The fourth-order valence-corrected chi connectivity index (χ4v) is 2.98. The zero-order valence-corrected chi connectivity index (χ0v) is 14.6. The summed E-state index contributed by atoms with van der Waals surface area (Å²) in [6.45, 7) is 5.50. The highest BCUT2D eigenvalue weighted by atomic mass is 35.5. The third-order valence-corrected chi connectivity index (χ3v) is 4.65. The van der Waals surface area contributed by atoms with Gasteiger partial charge in [0.2, 0.25) is 0 Å². The first-order valence-electron chi connectivity index (χ1n) is 8.03. The molecule has 0 aliphatic carbocycles. The Labute approximate surface area is 146 Å². The summed E-state index contributed by atoms with van der Waals surface area (Å²) in [7, 11) is 0. The molecule has 0 radical (unpaired) electrons. The summed E-state index contributed by atoms with van der Waals surface area (Å²) >= 11 is 6.22. The van der Waals surface area contributed by atoms with Crippen molar-refractivity contribution in [2.75, 3.05) is 6.54 Å². The van der Waals surface area contributed by atoms with E-state index in [0.717, 1.165) is 23.1 Å². The molecule has 0 amide bonds. The number of rotatable bonds is 5. The predicted octanol–water partition coefficient (Wildman–Crippen LogP) is 4.65. The topological polar surface area (TPSA) is 42.2 Å². The van der Waals surface area contributed by atoms with Crippen LogP contribution < -0.4 is 10.9 Å². The van der Waals surface area contributed by atoms with Gasteiger partial charge in [-0.25, -0.2) is 4.79 Å². The van der Waals surface area contributed by atoms with Crippen molar-refractivity contribution in [1.29, 1.82) is 0 Å². The van der Waals surface area contributed by atoms with Crippen molar-refractivity contribution < 1.29 is 4.42 Å². The van der Waals surface area contributed by atoms with Crippen LogP contribution in [-0.4, -0.2) is 6.54 Å². The lowest BCUT2D eigenvalue weighted by Gasteiger charge is -2.14. The molecule has 24 heavy (non-hydrogen) atoms. The van der Waals surface area contributed by atoms with Gasteiger partial charge < -0.3 is 9.73 Å². The Hall–Kier alpha value is -2.10. The largest absolute Gasteiger partial charge is 0.423 e. The minimum absolute atomic E-state index is 0.336. The van der Waals surface area contributed by atoms with Crippen LogP contribution in [-0.2, 0) is 6.54 Å². The third-order valence-electron chi connectivity index (χ3n) is 4.24. The molecule has 1 heterocycles. The molecule has 1 aromatic heterocycles. The van der Waals surface area contributed by atoms with E-state index in [4.69, 9.17) is 16.0 Å². The fraction of sp³-hybridized carbons (Fsp3) is 0.250. The molecule has 1 atom stereocenters. The number of aryl methyl sites for hydroxylation is 1. The Morgan fingerprint density at radius 2 is 1.92 bits per heavy atom. The van der Waals surface area contributed by atoms with E-state index in [-0.39, 0.29) is 5.63 Å². The van der Waals surface area contributed by atoms with Crippen LogP contribution in [0.3, 0.4) is 0 Å². The second-order valence-electron chi connectivity index (χ2n) is 6.13. The average molecular weight is 342 g/mol. The fourth-order valence-electron chi connectivity index (χ4n) is 2.82. The highest BCUT2D eigenvalue weighted by molar-refractivity contribution is 6.32. The van der Waals surface area contributed by atoms with Gasteiger partial charge in [0.1, 0.15) is 5.58 Å². The Kier molecular flexibility index (Phi) is 5.03. The summed E-state index contributed by atoms with van der Waals surface area (Å²) in [5.74, 6) is 0.392. The molecule has 1 N–H and O–H groups in total. The first-order chi connectivity index (χ1) is 11.5. The number of hydrogen-bond acceptors (Lipinski definition) is 3. The summed E-state index contributed by atoms with van der Waals surface area (Å²) in [6, 6.07) is 15.6. The molecule has 0 saturated carbocycles. The standard InChI is InChI=1S/C20H20ClNO2/c1-13-8-19-17(10-18(13)21)16(9-20(23)24-19)12-22-11-14(2)15-6-4-3-5-7-15/h3-10,14,22H,11-12H2,1-2H3/t14-/m0/s1. The number of fused-ring (bicyclic) bond motifs is 1. The smallest absolute Gasteiger partial charge is 0.336 e. The van der Waals surface area contributed by atoms with Gasteiger partial charge in [-0.15, -0.1) is 0 Å². The molecule has 0 spiro atoms. The maximum Gasteiger partial charge on any atom is 0.336 e. The van der Waals surface area contributed by atoms with Gasteiger partial charge in [-0.05, 0) is 41.7 Å². The molecule has 3 nitrogen and oxygen atoms in total. The molecular formula is C20H20ClNO2. The second-order valence-corrected chi connectivity index (χ2v) is 6.54. The van der Waals surface area contributed by atoms with Crippen molar-refractivity contribution in [3.8, 4) is 0 Å². The van der Waals surface area contributed by atoms with E-state index in [1.807, 2.05) is 37.3 Å². The lowest BCUT2D eigenvalue weighted by molar-refractivity contribution is 0.554. The van der Waals surface area contributed by atoms with Crippen molar-refractivity contribution in [3.63, 3.8) is 0 Å². The van der Waals surface area contributed by atoms with Crippen molar-refractivity contribution >= 4 is 22.6 Å². The van der Waals surface area contributed by atoms with Crippen LogP contribution in [0.25, 0.3) is 11.0 Å². The SMILES string of the molecule is Cc1cc2oc(=O)cc(CNC[C@H](C)c3ccccc3)c2cc1Cl. The van der Waals surface area contributed by atoms with Crippen LogP contribution in [0, 0.1) is 6.92 Å². The van der Waals surface area contributed by atoms with E-state index in [1.165, 1.54) is 11.6 Å². The van der Waals surface area contributed by atoms with Crippen LogP contribution in [0.15, 0.2) is 57.7 Å². The molecule has 3 aromatic rings. The molecule has 0 unspecified atom stereocenters. The van der Waals surface area contributed by atoms with Gasteiger partial charge in [-0.2, -0.15) is 0 Å². The van der Waals surface area contributed by atoms with Gasteiger partial charge in [0, 0.05) is 29.6 Å². The van der Waals surface area contributed by atoms with Crippen molar-refractivity contribution in [2.24, 2.45) is 0 Å². The molecular weight excluding hydrogens is 322 g/mol.